The highest BCUT2D eigenvalue weighted by Gasteiger charge is 2.27. The van der Waals surface area contributed by atoms with Crippen LogP contribution in [-0.4, -0.2) is 73.4 Å². The minimum absolute atomic E-state index is 0.00946. The number of allylic oxidation sites excluding steroid dienone is 4. The number of aromatic nitrogens is 2. The van der Waals surface area contributed by atoms with Gasteiger partial charge in [-0.15, -0.1) is 0 Å². The molecular weight excluding hydrogens is 797 g/mol. The van der Waals surface area contributed by atoms with Gasteiger partial charge in [0.25, 0.3) is 11.8 Å². The number of benzene rings is 2. The van der Waals surface area contributed by atoms with Crippen LogP contribution < -0.4 is 20.4 Å². The quantitative estimate of drug-likeness (QED) is 0.185. The number of nitrogens with zero attached hydrogens (tertiary/aromatic N) is 4. The second-order valence-electron chi connectivity index (χ2n) is 17.6. The van der Waals surface area contributed by atoms with E-state index in [1.165, 1.54) is 22.5 Å². The van der Waals surface area contributed by atoms with Crippen molar-refractivity contribution in [2.45, 2.75) is 131 Å². The number of hydrogen-bond donors (Lipinski definition) is 2. The molecule has 0 unspecified atom stereocenters. The Labute approximate surface area is 381 Å². The average Bonchev–Trinajstić information content (AvgIpc) is 3.29. The smallest absolute Gasteiger partial charge is 0.251 e. The van der Waals surface area contributed by atoms with Gasteiger partial charge >= 0.3 is 0 Å². The van der Waals surface area contributed by atoms with Crippen molar-refractivity contribution in [3.63, 3.8) is 0 Å². The van der Waals surface area contributed by atoms with E-state index >= 15 is 0 Å². The van der Waals surface area contributed by atoms with Gasteiger partial charge < -0.3 is 29.9 Å². The molecule has 0 spiro atoms. The Morgan fingerprint density at radius 3 is 1.38 bits per heavy atom. The molecule has 10 heteroatoms. The molecule has 2 aromatic carbocycles. The molecule has 2 saturated heterocycles. The van der Waals surface area contributed by atoms with Gasteiger partial charge in [0.05, 0.1) is 0 Å². The molecule has 0 radical (unpaired) electrons. The number of fused-ring (bicyclic) bond motifs is 4. The number of carbonyl (C=O) groups excluding carboxylic acids is 2. The van der Waals surface area contributed by atoms with E-state index < -0.39 is 0 Å². The Bertz CT molecular complexity index is 2150. The van der Waals surface area contributed by atoms with E-state index in [4.69, 9.17) is 9.47 Å². The van der Waals surface area contributed by atoms with Crippen molar-refractivity contribution in [2.24, 2.45) is 0 Å². The lowest BCUT2D eigenvalue weighted by molar-refractivity contribution is 0.0845. The Balaban J connectivity index is 0.000000191. The van der Waals surface area contributed by atoms with Gasteiger partial charge in [-0.2, -0.15) is 0 Å². The zero-order valence-electron chi connectivity index (χ0n) is 39.2. The van der Waals surface area contributed by atoms with Crippen LogP contribution in [0.4, 0.5) is 11.4 Å². The molecule has 10 nitrogen and oxygen atoms in total. The SMILES string of the molecule is CCN(c1cccc2c1C/C=C/CCc1cc(C)nc(C)c1CNC2=O)C1CCOCC1.CCN(c1cccc2c1C/C=C\CCc1cc(C)nc(C)c1CNC2=O)C1CCOCC1. The monoisotopic (exact) mass is 867 g/mol. The number of hydrogen-bond acceptors (Lipinski definition) is 8. The number of ether oxygens (including phenoxy) is 2. The van der Waals surface area contributed by atoms with Gasteiger partial charge in [-0.05, 0) is 176 Å². The first kappa shape index (κ1) is 46.7. The van der Waals surface area contributed by atoms with Gasteiger partial charge in [0.1, 0.15) is 0 Å². The lowest BCUT2D eigenvalue weighted by atomic mass is 9.96. The molecule has 4 aliphatic heterocycles. The maximum atomic E-state index is 13.4. The predicted octanol–water partition coefficient (Wildman–Crippen LogP) is 9.36. The van der Waals surface area contributed by atoms with Crippen molar-refractivity contribution in [3.05, 3.63) is 140 Å². The summed E-state index contributed by atoms with van der Waals surface area (Å²) in [7, 11) is 0. The van der Waals surface area contributed by atoms with E-state index in [0.29, 0.717) is 25.2 Å². The maximum Gasteiger partial charge on any atom is 0.251 e. The summed E-state index contributed by atoms with van der Waals surface area (Å²) in [6.45, 7) is 18.7. The van der Waals surface area contributed by atoms with Crippen LogP contribution in [0.5, 0.6) is 0 Å². The fraction of sp³-hybridized carbons (Fsp3) is 0.481. The summed E-state index contributed by atoms with van der Waals surface area (Å²) in [5.41, 5.74) is 15.1. The van der Waals surface area contributed by atoms with Crippen LogP contribution in [-0.2, 0) is 48.2 Å². The van der Waals surface area contributed by atoms with E-state index in [0.717, 1.165) is 160 Å². The number of pyridine rings is 2. The van der Waals surface area contributed by atoms with Crippen LogP contribution in [0.15, 0.2) is 72.8 Å². The van der Waals surface area contributed by atoms with Gasteiger partial charge in [-0.3, -0.25) is 19.6 Å². The summed E-state index contributed by atoms with van der Waals surface area (Å²) < 4.78 is 11.2. The van der Waals surface area contributed by atoms with Gasteiger partial charge in [0.15, 0.2) is 0 Å². The molecule has 64 heavy (non-hydrogen) atoms. The van der Waals surface area contributed by atoms with Crippen LogP contribution >= 0.6 is 0 Å². The third-order valence-corrected chi connectivity index (χ3v) is 13.4. The predicted molar refractivity (Wildman–Crippen MR) is 259 cm³/mol. The molecule has 6 heterocycles. The molecule has 2 aromatic heterocycles. The highest BCUT2D eigenvalue weighted by atomic mass is 16.5. The zero-order valence-corrected chi connectivity index (χ0v) is 39.2. The Kier molecular flexibility index (Phi) is 16.4. The van der Waals surface area contributed by atoms with Crippen LogP contribution in [0.1, 0.15) is 129 Å². The molecule has 0 saturated carbocycles. The summed E-state index contributed by atoms with van der Waals surface area (Å²) in [6, 6.07) is 17.6. The van der Waals surface area contributed by atoms with Crippen LogP contribution in [0, 0.1) is 27.7 Å². The second-order valence-corrected chi connectivity index (χ2v) is 17.6. The fourth-order valence-electron chi connectivity index (χ4n) is 10.2. The first-order valence-electron chi connectivity index (χ1n) is 23.9. The van der Waals surface area contributed by atoms with Crippen molar-refractivity contribution in [3.8, 4) is 0 Å². The van der Waals surface area contributed by atoms with Gasteiger partial charge in [-0.25, -0.2) is 0 Å². The topological polar surface area (TPSA) is 109 Å². The third-order valence-electron chi connectivity index (χ3n) is 13.4. The molecule has 4 aliphatic rings. The highest BCUT2D eigenvalue weighted by molar-refractivity contribution is 5.98. The van der Waals surface area contributed by atoms with E-state index in [-0.39, 0.29) is 11.8 Å². The first-order valence-corrected chi connectivity index (χ1v) is 23.9. The van der Waals surface area contributed by atoms with Crippen molar-refractivity contribution in [1.29, 1.82) is 0 Å². The molecule has 8 rings (SSSR count). The van der Waals surface area contributed by atoms with Gasteiger partial charge in [-0.1, -0.05) is 36.4 Å². The minimum atomic E-state index is -0.00946. The van der Waals surface area contributed by atoms with E-state index in [1.807, 2.05) is 52.0 Å². The van der Waals surface area contributed by atoms with Crippen molar-refractivity contribution in [2.75, 3.05) is 49.3 Å². The average molecular weight is 867 g/mol. The number of carbonyl (C=O) groups is 2. The first-order chi connectivity index (χ1) is 31.2. The van der Waals surface area contributed by atoms with Crippen LogP contribution in [0.2, 0.25) is 0 Å². The molecule has 340 valence electrons. The van der Waals surface area contributed by atoms with Gasteiger partial charge in [0.2, 0.25) is 0 Å². The summed E-state index contributed by atoms with van der Waals surface area (Å²) in [4.78, 5) is 40.9. The summed E-state index contributed by atoms with van der Waals surface area (Å²) in [6.07, 6.45) is 18.5. The Morgan fingerprint density at radius 2 is 0.984 bits per heavy atom. The van der Waals surface area contributed by atoms with Crippen molar-refractivity contribution >= 4 is 23.2 Å². The van der Waals surface area contributed by atoms with Crippen molar-refractivity contribution in [1.82, 2.24) is 20.6 Å². The Morgan fingerprint density at radius 1 is 0.578 bits per heavy atom. The molecule has 2 amide bonds. The standard InChI is InChI=1S/2C27H35N3O2/c2*1-4-30(22-13-15-32-16-14-22)26-12-8-11-24-23(26)10-7-5-6-9-21-17-19(2)29-20(3)25(21)18-28-27(24)31/h2*5,7-8,11-12,17,22H,4,6,9-10,13-16,18H2,1-3H3,(H,28,31)/b7-5+;7-5-. The number of rotatable bonds is 6. The molecule has 2 N–H and O–H groups in total. The normalized spacial score (nSPS) is 18.5. The van der Waals surface area contributed by atoms with Crippen LogP contribution in [0.3, 0.4) is 0 Å². The van der Waals surface area contributed by atoms with E-state index in [1.54, 1.807) is 0 Å². The van der Waals surface area contributed by atoms with Crippen molar-refractivity contribution < 1.29 is 19.1 Å². The summed E-state index contributed by atoms with van der Waals surface area (Å²) >= 11 is 0. The van der Waals surface area contributed by atoms with E-state index in [9.17, 15) is 9.59 Å². The van der Waals surface area contributed by atoms with E-state index in [2.05, 4.69) is 92.8 Å². The fourth-order valence-corrected chi connectivity index (χ4v) is 10.2. The largest absolute Gasteiger partial charge is 0.381 e. The third kappa shape index (κ3) is 11.3. The maximum absolute atomic E-state index is 13.4. The minimum Gasteiger partial charge on any atom is -0.381 e. The van der Waals surface area contributed by atoms with Gasteiger partial charge in [0, 0.05) is 110 Å². The summed E-state index contributed by atoms with van der Waals surface area (Å²) in [5.74, 6) is -0.0189. The molecule has 0 atom stereocenters. The number of nitrogens with one attached hydrogen (secondary N) is 2. The molecule has 4 aromatic rings. The zero-order chi connectivity index (χ0) is 45.0. The summed E-state index contributed by atoms with van der Waals surface area (Å²) in [5, 5.41) is 6.39. The lowest BCUT2D eigenvalue weighted by Crippen LogP contribution is -2.40. The highest BCUT2D eigenvalue weighted by Crippen LogP contribution is 2.32. The molecule has 2 fully saturated rings. The molecule has 0 aliphatic carbocycles. The molecular formula is C54H70N6O4. The molecule has 0 bridgehead atoms. The number of aryl methyl sites for hydroxylation is 6. The number of anilines is 2. The second kappa shape index (κ2) is 22.5. The lowest BCUT2D eigenvalue weighted by Gasteiger charge is -2.37. The number of amides is 2. The van der Waals surface area contributed by atoms with Crippen LogP contribution in [0.25, 0.3) is 0 Å². The Hall–Kier alpha value is -5.32.